The topological polar surface area (TPSA) is 82.3 Å². The maximum atomic E-state index is 11.3. The molecule has 0 aromatic heterocycles. The Hall–Kier alpha value is -3.03. The van der Waals surface area contributed by atoms with Crippen LogP contribution in [-0.2, 0) is 16.7 Å². The first-order valence-electron chi connectivity index (χ1n) is 8.84. The van der Waals surface area contributed by atoms with E-state index in [0.717, 1.165) is 29.2 Å². The minimum Gasteiger partial charge on any atom is -0.367 e. The summed E-state index contributed by atoms with van der Waals surface area (Å²) in [6.07, 6.45) is 0. The van der Waals surface area contributed by atoms with Gasteiger partial charge in [-0.15, -0.1) is 0 Å². The second kappa shape index (κ2) is 8.77. The van der Waals surface area contributed by atoms with Crippen molar-refractivity contribution >= 4 is 27.2 Å². The number of anilines is 1. The lowest BCUT2D eigenvalue weighted by Gasteiger charge is -2.23. The fraction of sp³-hybridized carbons (Fsp3) is 0.143. The van der Waals surface area contributed by atoms with Crippen molar-refractivity contribution in [2.45, 2.75) is 18.4 Å². The van der Waals surface area contributed by atoms with Crippen LogP contribution in [0.1, 0.15) is 12.5 Å². The number of azo groups is 1. The Morgan fingerprint density at radius 2 is 1.50 bits per heavy atom. The summed E-state index contributed by atoms with van der Waals surface area (Å²) in [5, 5.41) is 8.44. The molecular weight excluding hydrogens is 374 g/mol. The van der Waals surface area contributed by atoms with Crippen molar-refractivity contribution in [3.05, 3.63) is 84.4 Å². The zero-order valence-corrected chi connectivity index (χ0v) is 16.2. The maximum absolute atomic E-state index is 11.3. The van der Waals surface area contributed by atoms with Crippen molar-refractivity contribution in [2.75, 3.05) is 11.4 Å². The highest BCUT2D eigenvalue weighted by Gasteiger charge is 2.11. The van der Waals surface area contributed by atoms with E-state index >= 15 is 0 Å². The fourth-order valence-electron chi connectivity index (χ4n) is 2.75. The quantitative estimate of drug-likeness (QED) is 0.430. The molecule has 144 valence electrons. The van der Waals surface area contributed by atoms with E-state index in [1.165, 1.54) is 12.1 Å². The first kappa shape index (κ1) is 19.7. The van der Waals surface area contributed by atoms with Crippen molar-refractivity contribution in [3.8, 4) is 0 Å². The number of hydrogen-bond donors (Lipinski definition) is 1. The summed E-state index contributed by atoms with van der Waals surface area (Å²) in [5.74, 6) is 0. The van der Waals surface area contributed by atoms with Gasteiger partial charge >= 0.3 is 0 Å². The lowest BCUT2D eigenvalue weighted by atomic mass is 10.2. The second-order valence-corrected chi connectivity index (χ2v) is 7.61. The van der Waals surface area contributed by atoms with Crippen LogP contribution in [0.4, 0.5) is 17.1 Å². The zero-order chi connectivity index (χ0) is 20.0. The number of rotatable bonds is 7. The molecule has 6 nitrogen and oxygen atoms in total. The van der Waals surface area contributed by atoms with E-state index in [9.17, 15) is 13.0 Å². The Morgan fingerprint density at radius 1 is 0.857 bits per heavy atom. The van der Waals surface area contributed by atoms with Gasteiger partial charge in [0.25, 0.3) is 10.1 Å². The van der Waals surface area contributed by atoms with Gasteiger partial charge in [-0.25, -0.2) is 0 Å². The molecule has 0 unspecified atom stereocenters. The van der Waals surface area contributed by atoms with Gasteiger partial charge in [0.1, 0.15) is 0 Å². The molecule has 0 atom stereocenters. The molecule has 0 spiro atoms. The van der Waals surface area contributed by atoms with Crippen molar-refractivity contribution in [1.82, 2.24) is 0 Å². The van der Waals surface area contributed by atoms with Crippen molar-refractivity contribution in [2.24, 2.45) is 10.2 Å². The maximum Gasteiger partial charge on any atom is 0.294 e. The van der Waals surface area contributed by atoms with Gasteiger partial charge in [-0.3, -0.25) is 4.55 Å². The smallest absolute Gasteiger partial charge is 0.294 e. The number of hydrogen-bond acceptors (Lipinski definition) is 5. The highest BCUT2D eigenvalue weighted by atomic mass is 32.2. The van der Waals surface area contributed by atoms with Gasteiger partial charge in [0.2, 0.25) is 0 Å². The summed E-state index contributed by atoms with van der Waals surface area (Å²) in [6.45, 7) is 3.28. The Balaban J connectivity index is 1.73. The summed E-state index contributed by atoms with van der Waals surface area (Å²) in [4.78, 5) is 2.00. The van der Waals surface area contributed by atoms with Crippen molar-refractivity contribution in [3.63, 3.8) is 0 Å². The normalized spacial score (nSPS) is 11.6. The Labute approximate surface area is 164 Å². The van der Waals surface area contributed by atoms with Crippen LogP contribution in [0.3, 0.4) is 0 Å². The largest absolute Gasteiger partial charge is 0.367 e. The molecule has 0 saturated heterocycles. The van der Waals surface area contributed by atoms with Gasteiger partial charge in [-0.05, 0) is 61.0 Å². The molecule has 0 aliphatic rings. The van der Waals surface area contributed by atoms with Crippen LogP contribution in [0.5, 0.6) is 0 Å². The van der Waals surface area contributed by atoms with Gasteiger partial charge in [-0.2, -0.15) is 18.6 Å². The highest BCUT2D eigenvalue weighted by Crippen LogP contribution is 2.24. The van der Waals surface area contributed by atoms with Gasteiger partial charge in [0.05, 0.1) is 16.3 Å². The predicted octanol–water partition coefficient (Wildman–Crippen LogP) is 5.38. The summed E-state index contributed by atoms with van der Waals surface area (Å²) in [7, 11) is -4.21. The Bertz CT molecular complexity index is 1050. The molecule has 0 radical (unpaired) electrons. The minimum absolute atomic E-state index is 0.0993. The van der Waals surface area contributed by atoms with E-state index in [-0.39, 0.29) is 4.90 Å². The van der Waals surface area contributed by atoms with Crippen LogP contribution < -0.4 is 4.90 Å². The molecule has 0 aliphatic heterocycles. The molecule has 3 aromatic carbocycles. The molecular formula is C21H21N3O3S. The Morgan fingerprint density at radius 3 is 2.11 bits per heavy atom. The van der Waals surface area contributed by atoms with E-state index in [2.05, 4.69) is 15.1 Å². The molecule has 0 bridgehead atoms. The van der Waals surface area contributed by atoms with E-state index in [4.69, 9.17) is 0 Å². The standard InChI is InChI=1S/C21H21N3O3S/c1-2-24(16-17-7-6-10-21(15-17)28(25,26)27)20-13-11-19(12-14-20)23-22-18-8-4-3-5-9-18/h3-15H,2,16H2,1H3,(H,25,26,27). The van der Waals surface area contributed by atoms with Gasteiger partial charge < -0.3 is 4.90 Å². The highest BCUT2D eigenvalue weighted by molar-refractivity contribution is 7.85. The summed E-state index contributed by atoms with van der Waals surface area (Å²) in [6, 6.07) is 23.5. The molecule has 3 rings (SSSR count). The van der Waals surface area contributed by atoms with Crippen molar-refractivity contribution in [1.29, 1.82) is 0 Å². The van der Waals surface area contributed by atoms with E-state index in [1.807, 2.05) is 67.6 Å². The second-order valence-electron chi connectivity index (χ2n) is 6.19. The van der Waals surface area contributed by atoms with Gasteiger partial charge in [0.15, 0.2) is 0 Å². The molecule has 0 saturated carbocycles. The van der Waals surface area contributed by atoms with Crippen LogP contribution in [0.15, 0.2) is 94.0 Å². The predicted molar refractivity (Wildman–Crippen MR) is 110 cm³/mol. The molecule has 7 heteroatoms. The summed E-state index contributed by atoms with van der Waals surface area (Å²) < 4.78 is 31.9. The zero-order valence-electron chi connectivity index (χ0n) is 15.4. The first-order valence-corrected chi connectivity index (χ1v) is 10.3. The summed E-state index contributed by atoms with van der Waals surface area (Å²) >= 11 is 0. The molecule has 0 heterocycles. The van der Waals surface area contributed by atoms with E-state index in [0.29, 0.717) is 6.54 Å². The fourth-order valence-corrected chi connectivity index (χ4v) is 3.30. The summed E-state index contributed by atoms with van der Waals surface area (Å²) in [5.41, 5.74) is 3.32. The SMILES string of the molecule is CCN(Cc1cccc(S(=O)(=O)O)c1)c1ccc(N=Nc2ccccc2)cc1. The first-order chi connectivity index (χ1) is 13.5. The molecule has 28 heavy (non-hydrogen) atoms. The van der Waals surface area contributed by atoms with Crippen LogP contribution in [0.25, 0.3) is 0 Å². The Kier molecular flexibility index (Phi) is 6.18. The monoisotopic (exact) mass is 395 g/mol. The van der Waals surface area contributed by atoms with Crippen LogP contribution in [-0.4, -0.2) is 19.5 Å². The third-order valence-corrected chi connectivity index (χ3v) is 5.05. The van der Waals surface area contributed by atoms with E-state index < -0.39 is 10.1 Å². The molecule has 3 aromatic rings. The molecule has 1 N–H and O–H groups in total. The number of nitrogens with zero attached hydrogens (tertiary/aromatic N) is 3. The molecule has 0 amide bonds. The third kappa shape index (κ3) is 5.25. The molecule has 0 fully saturated rings. The third-order valence-electron chi connectivity index (χ3n) is 4.20. The lowest BCUT2D eigenvalue weighted by molar-refractivity contribution is 0.483. The molecule has 0 aliphatic carbocycles. The average Bonchev–Trinajstić information content (AvgIpc) is 2.71. The van der Waals surface area contributed by atoms with Crippen LogP contribution in [0.2, 0.25) is 0 Å². The lowest BCUT2D eigenvalue weighted by Crippen LogP contribution is -2.22. The van der Waals surface area contributed by atoms with Crippen LogP contribution >= 0.6 is 0 Å². The minimum atomic E-state index is -4.21. The van der Waals surface area contributed by atoms with Crippen molar-refractivity contribution < 1.29 is 13.0 Å². The van der Waals surface area contributed by atoms with Gasteiger partial charge in [0, 0.05) is 18.8 Å². The number of benzene rings is 3. The van der Waals surface area contributed by atoms with E-state index in [1.54, 1.807) is 6.07 Å². The van der Waals surface area contributed by atoms with Crippen LogP contribution in [0, 0.1) is 0 Å². The average molecular weight is 395 g/mol. The van der Waals surface area contributed by atoms with Gasteiger partial charge in [-0.1, -0.05) is 30.3 Å².